The molecule has 1 heterocycles. The van der Waals surface area contributed by atoms with Crippen LogP contribution in [0.5, 0.6) is 0 Å². The van der Waals surface area contributed by atoms with Crippen molar-refractivity contribution in [3.63, 3.8) is 0 Å². The van der Waals surface area contributed by atoms with Gasteiger partial charge in [0.05, 0.1) is 12.8 Å². The molecule has 5 heteroatoms. The highest BCUT2D eigenvalue weighted by Gasteiger charge is 2.13. The quantitative estimate of drug-likeness (QED) is 0.770. The fraction of sp³-hybridized carbons (Fsp3) is 0.400. The predicted molar refractivity (Wildman–Crippen MR) is 53.9 cm³/mol. The second kappa shape index (κ2) is 5.29. The number of hydrogen-bond acceptors (Lipinski definition) is 4. The summed E-state index contributed by atoms with van der Waals surface area (Å²) in [5.41, 5.74) is 0. The van der Waals surface area contributed by atoms with Crippen molar-refractivity contribution >= 4 is 11.8 Å². The van der Waals surface area contributed by atoms with Crippen LogP contribution in [0.3, 0.4) is 0 Å². The van der Waals surface area contributed by atoms with E-state index in [9.17, 15) is 9.18 Å². The van der Waals surface area contributed by atoms with Gasteiger partial charge in [0, 0.05) is 0 Å². The zero-order chi connectivity index (χ0) is 11.3. The molecule has 0 bridgehead atoms. The second-order valence-corrected chi connectivity index (χ2v) is 2.98. The van der Waals surface area contributed by atoms with Gasteiger partial charge in [-0.25, -0.2) is 14.2 Å². The van der Waals surface area contributed by atoms with E-state index in [1.807, 2.05) is 0 Å². The summed E-state index contributed by atoms with van der Waals surface area (Å²) in [7, 11) is 0. The van der Waals surface area contributed by atoms with Gasteiger partial charge in [-0.1, -0.05) is 0 Å². The molecular weight excluding hydrogens is 199 g/mol. The van der Waals surface area contributed by atoms with Crippen LogP contribution in [-0.2, 0) is 9.53 Å². The lowest BCUT2D eigenvalue weighted by molar-refractivity contribution is -0.143. The van der Waals surface area contributed by atoms with Gasteiger partial charge in [0.15, 0.2) is 0 Å². The maximum atomic E-state index is 12.5. The Morgan fingerprint density at radius 2 is 2.40 bits per heavy atom. The number of rotatable bonds is 4. The van der Waals surface area contributed by atoms with Gasteiger partial charge >= 0.3 is 5.97 Å². The molecule has 0 fully saturated rings. The van der Waals surface area contributed by atoms with Crippen molar-refractivity contribution in [3.8, 4) is 0 Å². The van der Waals surface area contributed by atoms with Gasteiger partial charge in [-0.2, -0.15) is 0 Å². The fourth-order valence-electron chi connectivity index (χ4n) is 1.01. The van der Waals surface area contributed by atoms with Crippen molar-refractivity contribution in [1.29, 1.82) is 0 Å². The number of carbonyl (C=O) groups excluding carboxylic acids is 1. The fourth-order valence-corrected chi connectivity index (χ4v) is 1.01. The smallest absolute Gasteiger partial charge is 0.328 e. The van der Waals surface area contributed by atoms with Crippen LogP contribution >= 0.6 is 0 Å². The minimum Gasteiger partial charge on any atom is -0.464 e. The Labute approximate surface area is 87.5 Å². The summed E-state index contributed by atoms with van der Waals surface area (Å²) in [4.78, 5) is 15.0. The number of halogens is 1. The first kappa shape index (κ1) is 11.4. The summed E-state index contributed by atoms with van der Waals surface area (Å²) in [6.07, 6.45) is 1.08. The third kappa shape index (κ3) is 3.53. The van der Waals surface area contributed by atoms with Gasteiger partial charge in [0.25, 0.3) is 0 Å². The molecule has 4 nitrogen and oxygen atoms in total. The number of pyridine rings is 1. The van der Waals surface area contributed by atoms with Crippen LogP contribution < -0.4 is 5.32 Å². The summed E-state index contributed by atoms with van der Waals surface area (Å²) in [6.45, 7) is 3.73. The number of esters is 1. The normalized spacial score (nSPS) is 11.9. The van der Waals surface area contributed by atoms with E-state index in [4.69, 9.17) is 4.74 Å². The number of nitrogens with one attached hydrogen (secondary N) is 1. The summed E-state index contributed by atoms with van der Waals surface area (Å²) < 4.78 is 17.3. The van der Waals surface area contributed by atoms with E-state index in [-0.39, 0.29) is 5.97 Å². The number of hydrogen-bond donors (Lipinski definition) is 1. The minimum atomic E-state index is -0.497. The van der Waals surface area contributed by atoms with Gasteiger partial charge in [-0.05, 0) is 26.0 Å². The summed E-state index contributed by atoms with van der Waals surface area (Å²) in [5, 5.41) is 2.80. The Kier molecular flexibility index (Phi) is 4.03. The lowest BCUT2D eigenvalue weighted by Crippen LogP contribution is -2.28. The van der Waals surface area contributed by atoms with E-state index in [1.165, 1.54) is 12.1 Å². The van der Waals surface area contributed by atoms with Gasteiger partial charge in [-0.3, -0.25) is 0 Å². The SMILES string of the molecule is CCOC(=O)C(C)Nc1ccc(F)cn1. The molecule has 0 saturated heterocycles. The Balaban J connectivity index is 2.54. The minimum absolute atomic E-state index is 0.335. The highest BCUT2D eigenvalue weighted by molar-refractivity contribution is 5.78. The number of nitrogens with zero attached hydrogens (tertiary/aromatic N) is 1. The highest BCUT2D eigenvalue weighted by atomic mass is 19.1. The molecule has 0 aliphatic carbocycles. The monoisotopic (exact) mass is 212 g/mol. The molecule has 1 rings (SSSR count). The Morgan fingerprint density at radius 1 is 1.67 bits per heavy atom. The maximum absolute atomic E-state index is 12.5. The van der Waals surface area contributed by atoms with Crippen LogP contribution in [0.2, 0.25) is 0 Å². The molecule has 0 amide bonds. The number of aromatic nitrogens is 1. The first-order chi connectivity index (χ1) is 7.13. The van der Waals surface area contributed by atoms with E-state index < -0.39 is 11.9 Å². The van der Waals surface area contributed by atoms with Crippen LogP contribution in [-0.4, -0.2) is 23.6 Å². The van der Waals surface area contributed by atoms with E-state index in [0.29, 0.717) is 12.4 Å². The third-order valence-corrected chi connectivity index (χ3v) is 1.73. The predicted octanol–water partition coefficient (Wildman–Crippen LogP) is 1.58. The standard InChI is InChI=1S/C10H13FN2O2/c1-3-15-10(14)7(2)13-9-5-4-8(11)6-12-9/h4-7H,3H2,1-2H3,(H,12,13). The highest BCUT2D eigenvalue weighted by Crippen LogP contribution is 2.05. The molecule has 0 saturated carbocycles. The number of anilines is 1. The van der Waals surface area contributed by atoms with Crippen molar-refractivity contribution < 1.29 is 13.9 Å². The van der Waals surface area contributed by atoms with Crippen molar-refractivity contribution in [2.75, 3.05) is 11.9 Å². The van der Waals surface area contributed by atoms with Gasteiger partial charge in [0.1, 0.15) is 17.7 Å². The zero-order valence-electron chi connectivity index (χ0n) is 8.66. The molecular formula is C10H13FN2O2. The number of ether oxygens (including phenoxy) is 1. The summed E-state index contributed by atoms with van der Waals surface area (Å²) in [6, 6.07) is 2.24. The third-order valence-electron chi connectivity index (χ3n) is 1.73. The lowest BCUT2D eigenvalue weighted by Gasteiger charge is -2.12. The topological polar surface area (TPSA) is 51.2 Å². The summed E-state index contributed by atoms with van der Waals surface area (Å²) in [5.74, 6) is -0.329. The van der Waals surface area contributed by atoms with Crippen LogP contribution in [0.25, 0.3) is 0 Å². The van der Waals surface area contributed by atoms with Gasteiger partial charge in [0.2, 0.25) is 0 Å². The van der Waals surface area contributed by atoms with Crippen LogP contribution in [0, 0.1) is 5.82 Å². The Bertz CT molecular complexity index is 327. The van der Waals surface area contributed by atoms with Crippen molar-refractivity contribution in [2.24, 2.45) is 0 Å². The molecule has 1 aromatic rings. The molecule has 1 atom stereocenters. The molecule has 1 unspecified atom stereocenters. The lowest BCUT2D eigenvalue weighted by atomic mass is 10.3. The molecule has 0 aliphatic heterocycles. The molecule has 0 aliphatic rings. The largest absolute Gasteiger partial charge is 0.464 e. The van der Waals surface area contributed by atoms with Gasteiger partial charge in [-0.15, -0.1) is 0 Å². The van der Waals surface area contributed by atoms with E-state index >= 15 is 0 Å². The Morgan fingerprint density at radius 3 is 2.93 bits per heavy atom. The van der Waals surface area contributed by atoms with E-state index in [1.54, 1.807) is 13.8 Å². The van der Waals surface area contributed by atoms with Crippen LogP contribution in [0.4, 0.5) is 10.2 Å². The van der Waals surface area contributed by atoms with Crippen molar-refractivity contribution in [3.05, 3.63) is 24.1 Å². The number of carbonyl (C=O) groups is 1. The first-order valence-corrected chi connectivity index (χ1v) is 4.68. The molecule has 1 N–H and O–H groups in total. The maximum Gasteiger partial charge on any atom is 0.328 e. The Hall–Kier alpha value is -1.65. The average molecular weight is 212 g/mol. The molecule has 0 spiro atoms. The van der Waals surface area contributed by atoms with E-state index in [2.05, 4.69) is 10.3 Å². The second-order valence-electron chi connectivity index (χ2n) is 2.98. The first-order valence-electron chi connectivity index (χ1n) is 4.68. The van der Waals surface area contributed by atoms with E-state index in [0.717, 1.165) is 6.20 Å². The van der Waals surface area contributed by atoms with Crippen LogP contribution in [0.1, 0.15) is 13.8 Å². The molecule has 82 valence electrons. The average Bonchev–Trinajstić information content (AvgIpc) is 2.22. The molecule has 15 heavy (non-hydrogen) atoms. The summed E-state index contributed by atoms with van der Waals surface area (Å²) >= 11 is 0. The van der Waals surface area contributed by atoms with Gasteiger partial charge < -0.3 is 10.1 Å². The van der Waals surface area contributed by atoms with Crippen LogP contribution in [0.15, 0.2) is 18.3 Å². The van der Waals surface area contributed by atoms with Crippen molar-refractivity contribution in [1.82, 2.24) is 4.98 Å². The molecule has 0 aromatic carbocycles. The molecule has 1 aromatic heterocycles. The zero-order valence-corrected chi connectivity index (χ0v) is 8.66. The van der Waals surface area contributed by atoms with Crippen molar-refractivity contribution in [2.45, 2.75) is 19.9 Å². The molecule has 0 radical (unpaired) electrons.